The Morgan fingerprint density at radius 2 is 1.71 bits per heavy atom. The number of carbonyl (C=O) groups is 1. The quantitative estimate of drug-likeness (QED) is 0.689. The van der Waals surface area contributed by atoms with Crippen molar-refractivity contribution in [1.29, 1.82) is 0 Å². The number of hydrogen-bond acceptors (Lipinski definition) is 4. The third-order valence-corrected chi connectivity index (χ3v) is 4.34. The van der Waals surface area contributed by atoms with Crippen LogP contribution in [0.1, 0.15) is 24.5 Å². The van der Waals surface area contributed by atoms with Gasteiger partial charge in [-0.2, -0.15) is 8.42 Å². The number of hydrogen-bond donors (Lipinski definition) is 0. The van der Waals surface area contributed by atoms with Gasteiger partial charge in [0.25, 0.3) is 0 Å². The van der Waals surface area contributed by atoms with Crippen LogP contribution in [0.4, 0.5) is 0 Å². The van der Waals surface area contributed by atoms with Crippen molar-refractivity contribution >= 4 is 33.6 Å². The fraction of sp³-hybridized carbons (Fsp3) is 0.167. The second-order valence-electron chi connectivity index (χ2n) is 5.28. The van der Waals surface area contributed by atoms with Crippen molar-refractivity contribution in [2.75, 3.05) is 0 Å². The summed E-state index contributed by atoms with van der Waals surface area (Å²) in [6, 6.07) is 13.4. The van der Waals surface area contributed by atoms with Crippen molar-refractivity contribution in [3.05, 3.63) is 70.1 Å². The van der Waals surface area contributed by atoms with Crippen LogP contribution >= 0.6 is 11.6 Å². The molecule has 2 aromatic rings. The second-order valence-corrected chi connectivity index (χ2v) is 7.14. The number of carbonyl (C=O) groups excluding carboxylic acids is 1. The Hall–Kier alpha value is -2.11. The van der Waals surface area contributed by atoms with E-state index in [0.29, 0.717) is 23.4 Å². The van der Waals surface area contributed by atoms with Gasteiger partial charge in [-0.3, -0.25) is 0 Å². The summed E-state index contributed by atoms with van der Waals surface area (Å²) in [4.78, 5) is 11.0. The van der Waals surface area contributed by atoms with E-state index >= 15 is 0 Å². The first-order valence-corrected chi connectivity index (χ1v) is 9.15. The average molecular weight is 365 g/mol. The smallest absolute Gasteiger partial charge is 0.332 e. The van der Waals surface area contributed by atoms with E-state index in [1.54, 1.807) is 48.5 Å². The van der Waals surface area contributed by atoms with Crippen LogP contribution in [-0.4, -0.2) is 14.2 Å². The Morgan fingerprint density at radius 3 is 2.29 bits per heavy atom. The maximum Gasteiger partial charge on any atom is 0.332 e. The molecule has 0 N–H and O–H groups in total. The molecule has 0 saturated heterocycles. The molecule has 0 bridgehead atoms. The molecule has 0 heterocycles. The predicted molar refractivity (Wildman–Crippen MR) is 95.5 cm³/mol. The van der Waals surface area contributed by atoms with E-state index < -0.39 is 10.1 Å². The summed E-state index contributed by atoms with van der Waals surface area (Å²) in [6.45, 7) is 1.54. The lowest BCUT2D eigenvalue weighted by molar-refractivity contribution is -0.116. The molecule has 0 aliphatic carbocycles. The van der Waals surface area contributed by atoms with Crippen molar-refractivity contribution in [2.24, 2.45) is 0 Å². The van der Waals surface area contributed by atoms with Crippen LogP contribution in [0.5, 0.6) is 5.75 Å². The Bertz CT molecular complexity index is 822. The lowest BCUT2D eigenvalue weighted by atomic mass is 10.1. The minimum atomic E-state index is -3.85. The van der Waals surface area contributed by atoms with E-state index in [9.17, 15) is 13.2 Å². The average Bonchev–Trinajstić information content (AvgIpc) is 2.53. The molecule has 0 spiro atoms. The Labute approximate surface area is 146 Å². The Kier molecular flexibility index (Phi) is 6.17. The normalized spacial score (nSPS) is 11.6. The SMILES string of the molecule is CC(=O)CCc1ccc(OS(=O)(=O)/C=C/c2ccc(Cl)cc2)cc1. The van der Waals surface area contributed by atoms with Crippen LogP contribution in [0, 0.1) is 0 Å². The summed E-state index contributed by atoms with van der Waals surface area (Å²) in [5.74, 6) is 0.340. The van der Waals surface area contributed by atoms with E-state index in [-0.39, 0.29) is 11.5 Å². The summed E-state index contributed by atoms with van der Waals surface area (Å²) in [5, 5.41) is 1.58. The monoisotopic (exact) mass is 364 g/mol. The molecule has 0 aliphatic rings. The van der Waals surface area contributed by atoms with Gasteiger partial charge in [0.2, 0.25) is 0 Å². The highest BCUT2D eigenvalue weighted by molar-refractivity contribution is 7.90. The van der Waals surface area contributed by atoms with Crippen LogP contribution in [0.2, 0.25) is 5.02 Å². The standard InChI is InChI=1S/C18H17ClO4S/c1-14(20)2-3-15-6-10-18(11-7-15)23-24(21,22)13-12-16-4-8-17(19)9-5-16/h4-13H,2-3H2,1H3/b13-12+. The van der Waals surface area contributed by atoms with E-state index in [0.717, 1.165) is 11.0 Å². The Morgan fingerprint density at radius 1 is 1.08 bits per heavy atom. The third-order valence-electron chi connectivity index (χ3n) is 3.20. The molecular formula is C18H17ClO4S. The second kappa shape index (κ2) is 8.13. The molecule has 4 nitrogen and oxygen atoms in total. The summed E-state index contributed by atoms with van der Waals surface area (Å²) < 4.78 is 28.9. The largest absolute Gasteiger partial charge is 0.379 e. The van der Waals surface area contributed by atoms with Crippen molar-refractivity contribution in [3.8, 4) is 5.75 Å². The lowest BCUT2D eigenvalue weighted by Crippen LogP contribution is -2.05. The molecule has 6 heteroatoms. The number of benzene rings is 2. The molecule has 2 rings (SSSR count). The first-order valence-electron chi connectivity index (χ1n) is 7.30. The molecule has 0 atom stereocenters. The summed E-state index contributed by atoms with van der Waals surface area (Å²) in [5.41, 5.74) is 1.65. The van der Waals surface area contributed by atoms with Crippen LogP contribution in [0.3, 0.4) is 0 Å². The van der Waals surface area contributed by atoms with Gasteiger partial charge in [0.1, 0.15) is 11.5 Å². The molecule has 126 valence electrons. The van der Waals surface area contributed by atoms with Crippen molar-refractivity contribution in [2.45, 2.75) is 19.8 Å². The molecule has 0 unspecified atom stereocenters. The third kappa shape index (κ3) is 6.18. The highest BCUT2D eigenvalue weighted by Gasteiger charge is 2.08. The molecule has 24 heavy (non-hydrogen) atoms. The van der Waals surface area contributed by atoms with Crippen LogP contribution in [0.25, 0.3) is 6.08 Å². The van der Waals surface area contributed by atoms with Gasteiger partial charge in [0, 0.05) is 11.4 Å². The van der Waals surface area contributed by atoms with E-state index in [1.807, 2.05) is 0 Å². The first-order chi connectivity index (χ1) is 11.3. The minimum Gasteiger partial charge on any atom is -0.379 e. The van der Waals surface area contributed by atoms with Crippen molar-refractivity contribution in [1.82, 2.24) is 0 Å². The van der Waals surface area contributed by atoms with Crippen molar-refractivity contribution < 1.29 is 17.4 Å². The zero-order chi connectivity index (χ0) is 17.6. The highest BCUT2D eigenvalue weighted by atomic mass is 35.5. The minimum absolute atomic E-state index is 0.116. The maximum atomic E-state index is 12.0. The van der Waals surface area contributed by atoms with Gasteiger partial charge in [-0.15, -0.1) is 0 Å². The van der Waals surface area contributed by atoms with E-state index in [2.05, 4.69) is 0 Å². The van der Waals surface area contributed by atoms with Crippen LogP contribution in [0.15, 0.2) is 53.9 Å². The van der Waals surface area contributed by atoms with Gasteiger partial charge in [-0.25, -0.2) is 0 Å². The van der Waals surface area contributed by atoms with Gasteiger partial charge in [-0.05, 0) is 54.8 Å². The zero-order valence-corrected chi connectivity index (χ0v) is 14.7. The number of aryl methyl sites for hydroxylation is 1. The number of rotatable bonds is 7. The predicted octanol–water partition coefficient (Wildman–Crippen LogP) is 4.24. The molecular weight excluding hydrogens is 348 g/mol. The van der Waals surface area contributed by atoms with Gasteiger partial charge in [-0.1, -0.05) is 35.9 Å². The first kappa shape index (κ1) is 18.2. The lowest BCUT2D eigenvalue weighted by Gasteiger charge is -2.05. The topological polar surface area (TPSA) is 60.4 Å². The summed E-state index contributed by atoms with van der Waals surface area (Å²) in [6.07, 6.45) is 2.52. The fourth-order valence-corrected chi connectivity index (χ4v) is 2.81. The van der Waals surface area contributed by atoms with Crippen molar-refractivity contribution in [3.63, 3.8) is 0 Å². The molecule has 0 amide bonds. The molecule has 0 fully saturated rings. The van der Waals surface area contributed by atoms with E-state index in [1.165, 1.54) is 13.0 Å². The number of Topliss-reactive ketones (excluding diaryl/α,β-unsaturated/α-hetero) is 1. The highest BCUT2D eigenvalue weighted by Crippen LogP contribution is 2.17. The van der Waals surface area contributed by atoms with Crippen LogP contribution in [-0.2, 0) is 21.3 Å². The molecule has 0 aliphatic heterocycles. The summed E-state index contributed by atoms with van der Waals surface area (Å²) >= 11 is 5.78. The van der Waals surface area contributed by atoms with Gasteiger partial charge in [0.15, 0.2) is 0 Å². The Balaban J connectivity index is 2.00. The molecule has 0 aromatic heterocycles. The van der Waals surface area contributed by atoms with Gasteiger partial charge < -0.3 is 8.98 Å². The van der Waals surface area contributed by atoms with Gasteiger partial charge in [0.05, 0.1) is 5.41 Å². The van der Waals surface area contributed by atoms with Crippen LogP contribution < -0.4 is 4.18 Å². The van der Waals surface area contributed by atoms with E-state index in [4.69, 9.17) is 15.8 Å². The summed E-state index contributed by atoms with van der Waals surface area (Å²) in [7, 11) is -3.85. The molecule has 0 radical (unpaired) electrons. The van der Waals surface area contributed by atoms with Gasteiger partial charge >= 0.3 is 10.1 Å². The fourth-order valence-electron chi connectivity index (χ4n) is 1.93. The molecule has 2 aromatic carbocycles. The maximum absolute atomic E-state index is 12.0. The number of halogens is 1. The number of ketones is 1. The molecule has 0 saturated carbocycles. The zero-order valence-electron chi connectivity index (χ0n) is 13.1.